The van der Waals surface area contributed by atoms with Gasteiger partial charge in [-0.15, -0.1) is 0 Å². The minimum Gasteiger partial charge on any atom is -0.483 e. The largest absolute Gasteiger partial charge is 0.483 e. The van der Waals surface area contributed by atoms with Gasteiger partial charge in [-0.2, -0.15) is 0 Å². The zero-order chi connectivity index (χ0) is 34.2. The first-order valence-electron chi connectivity index (χ1n) is 16.5. The summed E-state index contributed by atoms with van der Waals surface area (Å²) in [6, 6.07) is 7.50. The van der Waals surface area contributed by atoms with Crippen molar-refractivity contribution in [3.05, 3.63) is 36.0 Å². The van der Waals surface area contributed by atoms with E-state index >= 15 is 0 Å². The fourth-order valence-electron chi connectivity index (χ4n) is 5.85. The first-order valence-corrected chi connectivity index (χ1v) is 16.5. The molecule has 258 valence electrons. The smallest absolute Gasteiger partial charge is 0.409 e. The highest BCUT2D eigenvalue weighted by molar-refractivity contribution is 5.99. The first kappa shape index (κ1) is 34.4. The third kappa shape index (κ3) is 8.89. The van der Waals surface area contributed by atoms with E-state index in [1.54, 1.807) is 36.1 Å². The molecule has 1 aromatic carbocycles. The molecule has 3 aliphatic rings. The molecule has 2 saturated heterocycles. The number of carboxylic acids is 1. The van der Waals surface area contributed by atoms with Crippen molar-refractivity contribution in [2.24, 2.45) is 5.92 Å². The highest BCUT2D eigenvalue weighted by atomic mass is 16.6. The van der Waals surface area contributed by atoms with E-state index < -0.39 is 29.9 Å². The van der Waals surface area contributed by atoms with Gasteiger partial charge in [0.05, 0.1) is 12.1 Å². The molecule has 0 spiro atoms. The number of piperazine rings is 1. The van der Waals surface area contributed by atoms with E-state index in [0.29, 0.717) is 42.9 Å². The monoisotopic (exact) mass is 666 g/mol. The fraction of sp³-hybridized carbons (Fsp3) is 0.545. The molecular formula is C33H42N6O9. The van der Waals surface area contributed by atoms with Gasteiger partial charge in [-0.05, 0) is 51.2 Å². The van der Waals surface area contributed by atoms with Crippen LogP contribution in [-0.4, -0.2) is 125 Å². The van der Waals surface area contributed by atoms with Crippen molar-refractivity contribution >= 4 is 46.6 Å². The molecule has 2 aliphatic heterocycles. The van der Waals surface area contributed by atoms with Crippen LogP contribution in [0.3, 0.4) is 0 Å². The van der Waals surface area contributed by atoms with Gasteiger partial charge in [0.15, 0.2) is 6.61 Å². The van der Waals surface area contributed by atoms with Crippen LogP contribution < -0.4 is 15.4 Å². The van der Waals surface area contributed by atoms with Crippen LogP contribution in [0.1, 0.15) is 55.9 Å². The molecule has 2 aromatic rings. The summed E-state index contributed by atoms with van der Waals surface area (Å²) in [5.41, 5.74) is 0.359. The van der Waals surface area contributed by atoms with Crippen molar-refractivity contribution in [2.75, 3.05) is 52.5 Å². The second kappa shape index (κ2) is 15.8. The summed E-state index contributed by atoms with van der Waals surface area (Å²) < 4.78 is 11.0. The number of nitrogens with one attached hydrogen (secondary N) is 2. The number of carbonyl (C=O) groups excluding carboxylic acids is 5. The molecule has 5 rings (SSSR count). The molecule has 3 N–H and O–H groups in total. The van der Waals surface area contributed by atoms with Crippen LogP contribution in [0.15, 0.2) is 30.3 Å². The number of piperidine rings is 1. The number of pyridine rings is 1. The number of para-hydroxylation sites is 1. The number of likely N-dealkylation sites (tertiary alicyclic amines) is 1. The molecule has 1 unspecified atom stereocenters. The van der Waals surface area contributed by atoms with Crippen LogP contribution in [0.25, 0.3) is 10.9 Å². The molecule has 1 saturated carbocycles. The highest BCUT2D eigenvalue weighted by Crippen LogP contribution is 2.27. The number of hydrogen-bond acceptors (Lipinski definition) is 9. The van der Waals surface area contributed by atoms with E-state index in [4.69, 9.17) is 9.47 Å². The number of amides is 5. The van der Waals surface area contributed by atoms with Crippen molar-refractivity contribution in [1.82, 2.24) is 30.3 Å². The number of ether oxygens (including phenoxy) is 2. The molecule has 0 radical (unpaired) electrons. The third-order valence-corrected chi connectivity index (χ3v) is 8.77. The molecule has 15 nitrogen and oxygen atoms in total. The maximum atomic E-state index is 13.5. The fourth-order valence-corrected chi connectivity index (χ4v) is 5.85. The Morgan fingerprint density at radius 1 is 0.938 bits per heavy atom. The molecule has 48 heavy (non-hydrogen) atoms. The van der Waals surface area contributed by atoms with Gasteiger partial charge in [0.2, 0.25) is 11.8 Å². The number of rotatable bonds is 12. The van der Waals surface area contributed by atoms with Gasteiger partial charge in [-0.1, -0.05) is 12.1 Å². The highest BCUT2D eigenvalue weighted by Gasteiger charge is 2.33. The van der Waals surface area contributed by atoms with Gasteiger partial charge in [-0.25, -0.2) is 9.78 Å². The Balaban J connectivity index is 1.23. The predicted molar refractivity (Wildman–Crippen MR) is 171 cm³/mol. The van der Waals surface area contributed by atoms with Crippen LogP contribution in [0.4, 0.5) is 4.79 Å². The lowest BCUT2D eigenvalue weighted by molar-refractivity contribution is -0.138. The van der Waals surface area contributed by atoms with Gasteiger partial charge in [0.25, 0.3) is 11.8 Å². The number of carboxylic acid groups (broad SMARTS) is 1. The normalized spacial score (nSPS) is 17.4. The Bertz CT molecular complexity index is 1530. The Hall–Kier alpha value is -4.95. The molecule has 1 atom stereocenters. The molecule has 3 heterocycles. The maximum absolute atomic E-state index is 13.5. The van der Waals surface area contributed by atoms with Crippen molar-refractivity contribution in [1.29, 1.82) is 0 Å². The average Bonchev–Trinajstić information content (AvgIpc) is 3.92. The van der Waals surface area contributed by atoms with Gasteiger partial charge >= 0.3 is 12.1 Å². The molecule has 1 aliphatic carbocycles. The van der Waals surface area contributed by atoms with Crippen LogP contribution in [0.5, 0.6) is 5.75 Å². The Morgan fingerprint density at radius 3 is 2.29 bits per heavy atom. The summed E-state index contributed by atoms with van der Waals surface area (Å²) in [5.74, 6) is -2.35. The number of hydrogen-bond donors (Lipinski definition) is 3. The zero-order valence-corrected chi connectivity index (χ0v) is 27.0. The molecule has 5 amide bonds. The summed E-state index contributed by atoms with van der Waals surface area (Å²) in [6.07, 6.45) is 2.22. The van der Waals surface area contributed by atoms with E-state index in [9.17, 15) is 33.9 Å². The minimum absolute atomic E-state index is 0.0541. The van der Waals surface area contributed by atoms with Crippen LogP contribution >= 0.6 is 0 Å². The van der Waals surface area contributed by atoms with Gasteiger partial charge in [0, 0.05) is 69.1 Å². The summed E-state index contributed by atoms with van der Waals surface area (Å²) in [7, 11) is 0. The third-order valence-electron chi connectivity index (χ3n) is 8.77. The number of fused-ring (bicyclic) bond motifs is 1. The number of aliphatic carboxylic acids is 1. The SMILES string of the molecule is CCOC(=O)N1CCN(C(=O)C(CCC(=O)O)NC(=O)c2cc(OCC(=O)N3CCC(C(=O)NC4CC4)CC3)c3ccccc3n2)CC1. The van der Waals surface area contributed by atoms with Crippen LogP contribution in [-0.2, 0) is 23.9 Å². The Kier molecular flexibility index (Phi) is 11.3. The van der Waals surface area contributed by atoms with E-state index in [1.807, 2.05) is 0 Å². The van der Waals surface area contributed by atoms with Crippen LogP contribution in [0.2, 0.25) is 0 Å². The lowest BCUT2D eigenvalue weighted by Gasteiger charge is -2.35. The topological polar surface area (TPSA) is 188 Å². The first-order chi connectivity index (χ1) is 23.1. The van der Waals surface area contributed by atoms with Crippen molar-refractivity contribution in [2.45, 2.75) is 57.5 Å². The number of nitrogens with zero attached hydrogens (tertiary/aromatic N) is 4. The quantitative estimate of drug-likeness (QED) is 0.299. The minimum atomic E-state index is -1.16. The van der Waals surface area contributed by atoms with Gasteiger partial charge in [-0.3, -0.25) is 24.0 Å². The predicted octanol–water partition coefficient (Wildman–Crippen LogP) is 1.39. The molecule has 3 fully saturated rings. The van der Waals surface area contributed by atoms with Crippen LogP contribution in [0, 0.1) is 5.92 Å². The summed E-state index contributed by atoms with van der Waals surface area (Å²) in [4.78, 5) is 85.0. The summed E-state index contributed by atoms with van der Waals surface area (Å²) in [5, 5.41) is 15.6. The molecule has 0 bridgehead atoms. The Labute approximate surface area is 277 Å². The summed E-state index contributed by atoms with van der Waals surface area (Å²) in [6.45, 7) is 3.41. The van der Waals surface area contributed by atoms with Crippen molar-refractivity contribution < 1.29 is 43.3 Å². The second-order valence-electron chi connectivity index (χ2n) is 12.2. The number of carbonyl (C=O) groups is 6. The van der Waals surface area contributed by atoms with Gasteiger partial charge in [0.1, 0.15) is 17.5 Å². The van der Waals surface area contributed by atoms with E-state index in [0.717, 1.165) is 12.8 Å². The molecule has 1 aromatic heterocycles. The number of aromatic nitrogens is 1. The lowest BCUT2D eigenvalue weighted by Crippen LogP contribution is -2.56. The van der Waals surface area contributed by atoms with Crippen molar-refractivity contribution in [3.63, 3.8) is 0 Å². The molecule has 15 heteroatoms. The van der Waals surface area contributed by atoms with E-state index in [1.165, 1.54) is 15.9 Å². The van der Waals surface area contributed by atoms with Gasteiger partial charge < -0.3 is 39.9 Å². The van der Waals surface area contributed by atoms with E-state index in [-0.39, 0.29) is 81.4 Å². The zero-order valence-electron chi connectivity index (χ0n) is 27.0. The maximum Gasteiger partial charge on any atom is 0.409 e. The van der Waals surface area contributed by atoms with Crippen molar-refractivity contribution in [3.8, 4) is 5.75 Å². The molecular weight excluding hydrogens is 624 g/mol. The number of benzene rings is 1. The Morgan fingerprint density at radius 2 is 1.62 bits per heavy atom. The summed E-state index contributed by atoms with van der Waals surface area (Å²) >= 11 is 0. The average molecular weight is 667 g/mol. The standard InChI is InChI=1S/C33H42N6O9/c1-2-47-33(46)39-17-15-38(16-18-39)32(45)25(9-10-29(41)42)36-31(44)26-19-27(23-5-3-4-6-24(23)35-26)48-20-28(40)37-13-11-21(12-14-37)30(43)34-22-7-8-22/h3-6,19,21-22,25H,2,7-18,20H2,1H3,(H,34,43)(H,36,44)(H,41,42). The lowest BCUT2D eigenvalue weighted by atomic mass is 9.96. The van der Waals surface area contributed by atoms with E-state index in [2.05, 4.69) is 15.6 Å². The second-order valence-corrected chi connectivity index (χ2v) is 12.2.